The first kappa shape index (κ1) is 25.2. The lowest BCUT2D eigenvalue weighted by atomic mass is 9.79. The summed E-state index contributed by atoms with van der Waals surface area (Å²) in [6, 6.07) is 0. The van der Waals surface area contributed by atoms with Crippen molar-refractivity contribution in [2.75, 3.05) is 6.54 Å². The quantitative estimate of drug-likeness (QED) is 0.363. The number of carboxylic acids is 1. The zero-order valence-electron chi connectivity index (χ0n) is 17.6. The number of carbonyl (C=O) groups is 3. The zero-order valence-corrected chi connectivity index (χ0v) is 17.6. The van der Waals surface area contributed by atoms with Crippen LogP contribution in [-0.2, 0) is 19.1 Å². The minimum absolute atomic E-state index is 0.0175. The van der Waals surface area contributed by atoms with Crippen LogP contribution in [0.25, 0.3) is 0 Å². The van der Waals surface area contributed by atoms with Gasteiger partial charge in [-0.05, 0) is 17.8 Å². The summed E-state index contributed by atoms with van der Waals surface area (Å²) in [6.07, 6.45) is 1.73. The molecule has 0 aromatic carbocycles. The number of carbonyl (C=O) groups excluding carboxylic acids is 2. The first-order valence-electron chi connectivity index (χ1n) is 9.97. The highest BCUT2D eigenvalue weighted by molar-refractivity contribution is 5.70. The third-order valence-electron chi connectivity index (χ3n) is 4.90. The van der Waals surface area contributed by atoms with Gasteiger partial charge < -0.3 is 19.9 Å². The Morgan fingerprint density at radius 2 is 1.67 bits per heavy atom. The Morgan fingerprint density at radius 1 is 1.04 bits per heavy atom. The maximum atomic E-state index is 12.1. The van der Waals surface area contributed by atoms with E-state index in [0.717, 1.165) is 19.3 Å². The number of unbranched alkanes of at least 4 members (excludes halogenated alkanes) is 1. The summed E-state index contributed by atoms with van der Waals surface area (Å²) < 4.78 is 10.3. The second-order valence-electron chi connectivity index (χ2n) is 7.58. The summed E-state index contributed by atoms with van der Waals surface area (Å²) in [6.45, 7) is 11.7. The number of rotatable bonds is 13. The highest BCUT2D eigenvalue weighted by Crippen LogP contribution is 2.27. The molecule has 0 aliphatic carbocycles. The Balaban J connectivity index is 4.77. The smallest absolute Gasteiger partial charge is 0.410 e. The number of aliphatic carboxylic acids is 1. The molecular weight excluding hydrogens is 350 g/mol. The third-order valence-corrected chi connectivity index (χ3v) is 4.90. The van der Waals surface area contributed by atoms with Crippen LogP contribution in [0.15, 0.2) is 0 Å². The minimum Gasteiger partial charge on any atom is -0.481 e. The molecule has 0 bridgehead atoms. The van der Waals surface area contributed by atoms with Gasteiger partial charge in [0.05, 0.1) is 6.42 Å². The van der Waals surface area contributed by atoms with E-state index in [2.05, 4.69) is 19.2 Å². The number of ether oxygens (including phenoxy) is 2. The van der Waals surface area contributed by atoms with Gasteiger partial charge in [-0.15, -0.1) is 0 Å². The number of alkyl carbamates (subject to hydrolysis) is 1. The Bertz CT molecular complexity index is 465. The van der Waals surface area contributed by atoms with E-state index < -0.39 is 24.3 Å². The number of hydrogen-bond donors (Lipinski definition) is 2. The van der Waals surface area contributed by atoms with Gasteiger partial charge in [0.2, 0.25) is 0 Å². The van der Waals surface area contributed by atoms with Crippen LogP contribution in [0.3, 0.4) is 0 Å². The van der Waals surface area contributed by atoms with Gasteiger partial charge >= 0.3 is 18.0 Å². The van der Waals surface area contributed by atoms with Gasteiger partial charge in [0.25, 0.3) is 6.29 Å². The molecule has 0 aromatic rings. The fourth-order valence-corrected chi connectivity index (χ4v) is 2.79. The molecule has 0 saturated carbocycles. The highest BCUT2D eigenvalue weighted by atomic mass is 16.7. The van der Waals surface area contributed by atoms with Gasteiger partial charge in [-0.2, -0.15) is 0 Å². The van der Waals surface area contributed by atoms with Crippen LogP contribution in [0, 0.1) is 23.7 Å². The van der Waals surface area contributed by atoms with Crippen molar-refractivity contribution < 1.29 is 29.0 Å². The zero-order chi connectivity index (χ0) is 21.0. The summed E-state index contributed by atoms with van der Waals surface area (Å²) in [5.74, 6) is -1.20. The molecule has 27 heavy (non-hydrogen) atoms. The summed E-state index contributed by atoms with van der Waals surface area (Å²) in [5.41, 5.74) is 0. The SMILES string of the molecule is CCCC[C@@H](C)[C@@H](C)[C@H](CNC(=O)O[C@H](OC(=O)CC)C(C)C)CC(=O)O. The van der Waals surface area contributed by atoms with Gasteiger partial charge in [0.1, 0.15) is 0 Å². The molecule has 0 heterocycles. The van der Waals surface area contributed by atoms with E-state index in [4.69, 9.17) is 9.47 Å². The van der Waals surface area contributed by atoms with E-state index in [0.29, 0.717) is 5.92 Å². The van der Waals surface area contributed by atoms with Crippen LogP contribution in [0.1, 0.15) is 73.6 Å². The summed E-state index contributed by atoms with van der Waals surface area (Å²) in [7, 11) is 0. The largest absolute Gasteiger partial charge is 0.481 e. The normalized spacial score (nSPS) is 15.5. The van der Waals surface area contributed by atoms with E-state index in [1.54, 1.807) is 20.8 Å². The molecule has 0 saturated heterocycles. The molecule has 0 spiro atoms. The van der Waals surface area contributed by atoms with Crippen LogP contribution in [0.5, 0.6) is 0 Å². The first-order chi connectivity index (χ1) is 12.6. The molecule has 0 radical (unpaired) electrons. The van der Waals surface area contributed by atoms with Crippen molar-refractivity contribution in [3.8, 4) is 0 Å². The fourth-order valence-electron chi connectivity index (χ4n) is 2.79. The van der Waals surface area contributed by atoms with Crippen molar-refractivity contribution in [1.82, 2.24) is 5.32 Å². The Hall–Kier alpha value is -1.79. The average molecular weight is 388 g/mol. The van der Waals surface area contributed by atoms with Gasteiger partial charge in [-0.25, -0.2) is 4.79 Å². The van der Waals surface area contributed by atoms with Crippen molar-refractivity contribution in [3.63, 3.8) is 0 Å². The number of nitrogens with one attached hydrogen (secondary N) is 1. The van der Waals surface area contributed by atoms with Gasteiger partial charge in [-0.1, -0.05) is 60.8 Å². The number of hydrogen-bond acceptors (Lipinski definition) is 5. The molecule has 0 aliphatic rings. The maximum absolute atomic E-state index is 12.1. The molecule has 4 atom stereocenters. The molecular formula is C20H37NO6. The monoisotopic (exact) mass is 387 g/mol. The summed E-state index contributed by atoms with van der Waals surface area (Å²) in [5, 5.41) is 11.8. The van der Waals surface area contributed by atoms with Gasteiger partial charge in [0, 0.05) is 18.9 Å². The summed E-state index contributed by atoms with van der Waals surface area (Å²) in [4.78, 5) is 34.8. The maximum Gasteiger partial charge on any atom is 0.410 e. The molecule has 1 amide bonds. The minimum atomic E-state index is -0.962. The van der Waals surface area contributed by atoms with Crippen molar-refractivity contribution in [1.29, 1.82) is 0 Å². The topological polar surface area (TPSA) is 102 Å². The van der Waals surface area contributed by atoms with Crippen LogP contribution in [-0.4, -0.2) is 36.0 Å². The lowest BCUT2D eigenvalue weighted by Gasteiger charge is -2.28. The van der Waals surface area contributed by atoms with Crippen LogP contribution >= 0.6 is 0 Å². The van der Waals surface area contributed by atoms with Crippen molar-refractivity contribution >= 4 is 18.0 Å². The highest BCUT2D eigenvalue weighted by Gasteiger charge is 2.27. The Kier molecular flexibility index (Phi) is 12.5. The molecule has 7 nitrogen and oxygen atoms in total. The molecule has 0 fully saturated rings. The predicted octanol–water partition coefficient (Wildman–Crippen LogP) is 4.20. The fraction of sp³-hybridized carbons (Fsp3) is 0.850. The Labute approximate surface area is 163 Å². The van der Waals surface area contributed by atoms with E-state index in [-0.39, 0.29) is 37.1 Å². The molecule has 0 rings (SSSR count). The number of amides is 1. The third kappa shape index (κ3) is 10.8. The van der Waals surface area contributed by atoms with Gasteiger partial charge in [-0.3, -0.25) is 9.59 Å². The molecule has 0 aromatic heterocycles. The standard InChI is InChI=1S/C20H37NO6/c1-7-9-10-14(5)15(6)16(11-17(22)23)12-21-20(25)27-19(13(3)4)26-18(24)8-2/h13-16,19H,7-12H2,1-6H3,(H,21,25)(H,22,23)/t14-,15-,16+,19+/m1/s1. The van der Waals surface area contributed by atoms with Crippen molar-refractivity contribution in [3.05, 3.63) is 0 Å². The molecule has 2 N–H and O–H groups in total. The second-order valence-corrected chi connectivity index (χ2v) is 7.58. The lowest BCUT2D eigenvalue weighted by molar-refractivity contribution is -0.174. The average Bonchev–Trinajstić information content (AvgIpc) is 2.61. The van der Waals surface area contributed by atoms with Gasteiger partial charge in [0.15, 0.2) is 0 Å². The molecule has 158 valence electrons. The van der Waals surface area contributed by atoms with Crippen LogP contribution < -0.4 is 5.32 Å². The van der Waals surface area contributed by atoms with E-state index in [1.807, 2.05) is 6.92 Å². The van der Waals surface area contributed by atoms with E-state index >= 15 is 0 Å². The summed E-state index contributed by atoms with van der Waals surface area (Å²) >= 11 is 0. The lowest BCUT2D eigenvalue weighted by Crippen LogP contribution is -2.39. The predicted molar refractivity (Wildman–Crippen MR) is 103 cm³/mol. The van der Waals surface area contributed by atoms with Crippen LogP contribution in [0.2, 0.25) is 0 Å². The Morgan fingerprint density at radius 3 is 2.15 bits per heavy atom. The van der Waals surface area contributed by atoms with Crippen LogP contribution in [0.4, 0.5) is 4.79 Å². The molecule has 0 aliphatic heterocycles. The molecule has 0 unspecified atom stereocenters. The first-order valence-corrected chi connectivity index (χ1v) is 9.97. The van der Waals surface area contributed by atoms with Crippen molar-refractivity contribution in [2.24, 2.45) is 23.7 Å². The van der Waals surface area contributed by atoms with E-state index in [9.17, 15) is 19.5 Å². The number of carboxylic acid groups (broad SMARTS) is 1. The number of esters is 1. The molecule has 7 heteroatoms. The van der Waals surface area contributed by atoms with Crippen molar-refractivity contribution in [2.45, 2.75) is 79.9 Å². The van der Waals surface area contributed by atoms with E-state index in [1.165, 1.54) is 0 Å². The second kappa shape index (κ2) is 13.4.